The van der Waals surface area contributed by atoms with Crippen molar-refractivity contribution < 1.29 is 19.1 Å². The van der Waals surface area contributed by atoms with Gasteiger partial charge in [-0.25, -0.2) is 9.80 Å². The molecule has 0 fully saturated rings. The number of carbonyl (C=O) groups is 2. The monoisotopic (exact) mass is 523 g/mol. The summed E-state index contributed by atoms with van der Waals surface area (Å²) in [5, 5.41) is 9.64. The fourth-order valence-corrected chi connectivity index (χ4v) is 4.36. The van der Waals surface area contributed by atoms with E-state index in [1.165, 1.54) is 17.0 Å². The molecule has 9 nitrogen and oxygen atoms in total. The van der Waals surface area contributed by atoms with Gasteiger partial charge in [-0.15, -0.1) is 0 Å². The van der Waals surface area contributed by atoms with Gasteiger partial charge in [0.1, 0.15) is 12.3 Å². The molecule has 10 heteroatoms. The van der Waals surface area contributed by atoms with Crippen LogP contribution in [0.5, 0.6) is 5.75 Å². The Bertz CT molecular complexity index is 1270. The van der Waals surface area contributed by atoms with Gasteiger partial charge >= 0.3 is 6.03 Å². The SMILES string of the molecule is COCCN(CC(=O)N1N=C(c2cccn2C)CC1c1ccc(Cl)cc1)C(=O)Nc1ccccc1OC. The van der Waals surface area contributed by atoms with Gasteiger partial charge < -0.3 is 24.3 Å². The zero-order valence-corrected chi connectivity index (χ0v) is 21.8. The van der Waals surface area contributed by atoms with Crippen molar-refractivity contribution in [2.24, 2.45) is 12.1 Å². The summed E-state index contributed by atoms with van der Waals surface area (Å²) in [6.07, 6.45) is 2.48. The first-order valence-corrected chi connectivity index (χ1v) is 12.2. The number of anilines is 1. The predicted molar refractivity (Wildman–Crippen MR) is 143 cm³/mol. The Morgan fingerprint density at radius 3 is 2.54 bits per heavy atom. The van der Waals surface area contributed by atoms with E-state index in [2.05, 4.69) is 5.32 Å². The van der Waals surface area contributed by atoms with Gasteiger partial charge in [0, 0.05) is 38.3 Å². The van der Waals surface area contributed by atoms with E-state index in [-0.39, 0.29) is 31.6 Å². The highest BCUT2D eigenvalue weighted by Crippen LogP contribution is 2.33. The minimum Gasteiger partial charge on any atom is -0.495 e. The van der Waals surface area contributed by atoms with E-state index in [9.17, 15) is 9.59 Å². The van der Waals surface area contributed by atoms with E-state index in [4.69, 9.17) is 26.2 Å². The van der Waals surface area contributed by atoms with Crippen molar-refractivity contribution in [2.45, 2.75) is 12.5 Å². The molecule has 194 valence electrons. The molecule has 1 aromatic heterocycles. The van der Waals surface area contributed by atoms with Crippen LogP contribution in [0.2, 0.25) is 5.02 Å². The number of methoxy groups -OCH3 is 2. The number of hydrazone groups is 1. The number of hydrogen-bond acceptors (Lipinski definition) is 5. The number of amides is 3. The van der Waals surface area contributed by atoms with E-state index in [1.807, 2.05) is 48.1 Å². The molecule has 4 rings (SSSR count). The first-order valence-electron chi connectivity index (χ1n) is 11.9. The highest BCUT2D eigenvalue weighted by Gasteiger charge is 2.35. The quantitative estimate of drug-likeness (QED) is 0.446. The number of halogens is 1. The molecule has 2 aromatic carbocycles. The molecule has 0 radical (unpaired) electrons. The smallest absolute Gasteiger partial charge is 0.322 e. The molecule has 0 aliphatic carbocycles. The molecule has 0 saturated heterocycles. The molecule has 0 saturated carbocycles. The number of benzene rings is 2. The minimum atomic E-state index is -0.441. The van der Waals surface area contributed by atoms with Crippen LogP contribution in [0.4, 0.5) is 10.5 Å². The van der Waals surface area contributed by atoms with E-state index in [1.54, 1.807) is 37.4 Å². The van der Waals surface area contributed by atoms with Gasteiger partial charge in [-0.1, -0.05) is 35.9 Å². The topological polar surface area (TPSA) is 88.4 Å². The Labute approximate surface area is 221 Å². The zero-order chi connectivity index (χ0) is 26.4. The van der Waals surface area contributed by atoms with Crippen molar-refractivity contribution >= 4 is 34.9 Å². The molecule has 1 N–H and O–H groups in total. The van der Waals surface area contributed by atoms with Gasteiger partial charge in [0.05, 0.1) is 36.9 Å². The average Bonchev–Trinajstić information content (AvgIpc) is 3.53. The lowest BCUT2D eigenvalue weighted by molar-refractivity contribution is -0.133. The highest BCUT2D eigenvalue weighted by atomic mass is 35.5. The van der Waals surface area contributed by atoms with Crippen LogP contribution in [0.25, 0.3) is 0 Å². The minimum absolute atomic E-state index is 0.182. The van der Waals surface area contributed by atoms with Gasteiger partial charge in [-0.3, -0.25) is 4.79 Å². The lowest BCUT2D eigenvalue weighted by Gasteiger charge is -2.27. The Hall–Kier alpha value is -3.82. The number of aromatic nitrogens is 1. The number of ether oxygens (including phenoxy) is 2. The second-order valence-corrected chi connectivity index (χ2v) is 9.04. The van der Waals surface area contributed by atoms with Gasteiger partial charge in [-0.05, 0) is 42.0 Å². The summed E-state index contributed by atoms with van der Waals surface area (Å²) < 4.78 is 12.5. The van der Waals surface area contributed by atoms with Crippen LogP contribution in [0.15, 0.2) is 72.0 Å². The highest BCUT2D eigenvalue weighted by molar-refractivity contribution is 6.30. The second-order valence-electron chi connectivity index (χ2n) is 8.61. The Morgan fingerprint density at radius 1 is 1.11 bits per heavy atom. The summed E-state index contributed by atoms with van der Waals surface area (Å²) in [6.45, 7) is 0.306. The van der Waals surface area contributed by atoms with Crippen LogP contribution in [-0.4, -0.2) is 66.0 Å². The summed E-state index contributed by atoms with van der Waals surface area (Å²) in [7, 11) is 5.02. The second kappa shape index (κ2) is 11.9. The summed E-state index contributed by atoms with van der Waals surface area (Å²) >= 11 is 6.10. The van der Waals surface area contributed by atoms with E-state index in [0.717, 1.165) is 17.0 Å². The van der Waals surface area contributed by atoms with Crippen molar-refractivity contribution in [1.29, 1.82) is 0 Å². The number of aryl methyl sites for hydroxylation is 1. The maximum Gasteiger partial charge on any atom is 0.322 e. The molecule has 3 amide bonds. The van der Waals surface area contributed by atoms with Gasteiger partial charge in [0.15, 0.2) is 0 Å². The molecule has 1 atom stereocenters. The van der Waals surface area contributed by atoms with Gasteiger partial charge in [-0.2, -0.15) is 5.10 Å². The number of urea groups is 1. The number of rotatable bonds is 9. The fraction of sp³-hybridized carbons (Fsp3) is 0.296. The molecule has 3 aromatic rings. The van der Waals surface area contributed by atoms with Crippen molar-refractivity contribution in [1.82, 2.24) is 14.5 Å². The summed E-state index contributed by atoms with van der Waals surface area (Å²) in [5.41, 5.74) is 3.14. The zero-order valence-electron chi connectivity index (χ0n) is 21.1. The van der Waals surface area contributed by atoms with E-state index >= 15 is 0 Å². The van der Waals surface area contributed by atoms with Crippen LogP contribution in [-0.2, 0) is 16.6 Å². The van der Waals surface area contributed by atoms with Crippen molar-refractivity contribution in [3.8, 4) is 5.75 Å². The van der Waals surface area contributed by atoms with Crippen LogP contribution >= 0.6 is 11.6 Å². The number of nitrogens with one attached hydrogen (secondary N) is 1. The predicted octanol–water partition coefficient (Wildman–Crippen LogP) is 4.55. The summed E-state index contributed by atoms with van der Waals surface area (Å²) in [6, 6.07) is 17.6. The molecule has 1 unspecified atom stereocenters. The first kappa shape index (κ1) is 26.2. The van der Waals surface area contributed by atoms with E-state index in [0.29, 0.717) is 22.9 Å². The lowest BCUT2D eigenvalue weighted by Crippen LogP contribution is -2.44. The molecule has 1 aliphatic rings. The maximum absolute atomic E-state index is 13.6. The number of para-hydroxylation sites is 2. The third kappa shape index (κ3) is 6.12. The lowest BCUT2D eigenvalue weighted by atomic mass is 10.0. The fourth-order valence-electron chi connectivity index (χ4n) is 4.23. The third-order valence-corrected chi connectivity index (χ3v) is 6.44. The van der Waals surface area contributed by atoms with E-state index < -0.39 is 6.03 Å². The molecule has 2 heterocycles. The van der Waals surface area contributed by atoms with Crippen molar-refractivity contribution in [2.75, 3.05) is 39.2 Å². The molecular formula is C27H30ClN5O4. The number of nitrogens with zero attached hydrogens (tertiary/aromatic N) is 4. The Morgan fingerprint density at radius 2 is 1.86 bits per heavy atom. The molecule has 0 bridgehead atoms. The summed E-state index contributed by atoms with van der Waals surface area (Å²) in [4.78, 5) is 28.3. The first-order chi connectivity index (χ1) is 17.9. The van der Waals surface area contributed by atoms with Gasteiger partial charge in [0.25, 0.3) is 5.91 Å². The van der Waals surface area contributed by atoms with Crippen LogP contribution < -0.4 is 10.1 Å². The average molecular weight is 524 g/mol. The maximum atomic E-state index is 13.6. The summed E-state index contributed by atoms with van der Waals surface area (Å²) in [5.74, 6) is 0.212. The molecule has 37 heavy (non-hydrogen) atoms. The largest absolute Gasteiger partial charge is 0.495 e. The molecule has 1 aliphatic heterocycles. The van der Waals surface area contributed by atoms with Crippen LogP contribution in [0, 0.1) is 0 Å². The number of carbonyl (C=O) groups excluding carboxylic acids is 2. The molecular weight excluding hydrogens is 494 g/mol. The standard InChI is InChI=1S/C27H30ClN5O4/c1-31-14-6-8-23(31)22-17-24(19-10-12-20(28)13-11-19)33(30-22)26(34)18-32(15-16-36-2)27(35)29-21-7-4-5-9-25(21)37-3/h4-14,24H,15-18H2,1-3H3,(H,29,35). The molecule has 0 spiro atoms. The van der Waals surface area contributed by atoms with Crippen molar-refractivity contribution in [3.63, 3.8) is 0 Å². The van der Waals surface area contributed by atoms with Crippen molar-refractivity contribution in [3.05, 3.63) is 83.1 Å². The van der Waals surface area contributed by atoms with Crippen LogP contribution in [0.3, 0.4) is 0 Å². The third-order valence-electron chi connectivity index (χ3n) is 6.19. The Balaban J connectivity index is 1.58. The number of hydrogen-bond donors (Lipinski definition) is 1. The van der Waals surface area contributed by atoms with Crippen LogP contribution in [0.1, 0.15) is 23.7 Å². The normalized spacial score (nSPS) is 14.9. The Kier molecular flexibility index (Phi) is 8.47. The van der Waals surface area contributed by atoms with Gasteiger partial charge in [0.2, 0.25) is 0 Å².